The summed E-state index contributed by atoms with van der Waals surface area (Å²) in [4.78, 5) is 20.3. The molecule has 0 saturated heterocycles. The number of rotatable bonds is 5. The molecule has 0 radical (unpaired) electrons. The lowest BCUT2D eigenvalue weighted by molar-refractivity contribution is -0.146. The van der Waals surface area contributed by atoms with Gasteiger partial charge >= 0.3 is 11.9 Å². The largest absolute Gasteiger partial charge is 0.480 e. The van der Waals surface area contributed by atoms with E-state index in [1.54, 1.807) is 0 Å². The van der Waals surface area contributed by atoms with Crippen LogP contribution in [0.1, 0.15) is 6.42 Å². The molecule has 0 heterocycles. The zero-order valence-electron chi connectivity index (χ0n) is 6.20. The van der Waals surface area contributed by atoms with E-state index in [9.17, 15) is 9.59 Å². The highest BCUT2D eigenvalue weighted by molar-refractivity contribution is 5.69. The van der Waals surface area contributed by atoms with Crippen molar-refractivity contribution in [1.29, 1.82) is 0 Å². The van der Waals surface area contributed by atoms with Gasteiger partial charge in [0.25, 0.3) is 0 Å². The van der Waals surface area contributed by atoms with Crippen LogP contribution in [0.4, 0.5) is 0 Å². The topological polar surface area (TPSA) is 72.8 Å². The van der Waals surface area contributed by atoms with Gasteiger partial charge in [-0.1, -0.05) is 0 Å². The first-order chi connectivity index (χ1) is 5.16. The second-order valence-electron chi connectivity index (χ2n) is 1.77. The molecule has 5 nitrogen and oxygen atoms in total. The van der Waals surface area contributed by atoms with Crippen LogP contribution < -0.4 is 0 Å². The predicted molar refractivity (Wildman–Crippen MR) is 35.1 cm³/mol. The molecule has 0 unspecified atom stereocenters. The monoisotopic (exact) mass is 162 g/mol. The number of carbonyl (C=O) groups is 2. The van der Waals surface area contributed by atoms with Crippen molar-refractivity contribution in [2.45, 2.75) is 6.42 Å². The number of hydrogen-bond acceptors (Lipinski definition) is 4. The van der Waals surface area contributed by atoms with Crippen molar-refractivity contribution >= 4 is 11.9 Å². The van der Waals surface area contributed by atoms with Crippen LogP contribution in [-0.4, -0.2) is 37.4 Å². The Morgan fingerprint density at radius 3 is 2.55 bits per heavy atom. The molecule has 0 amide bonds. The summed E-state index contributed by atoms with van der Waals surface area (Å²) in [6.07, 6.45) is 0.0871. The Kier molecular flexibility index (Phi) is 5.10. The summed E-state index contributed by atoms with van der Waals surface area (Å²) in [5, 5.41) is 8.09. The molecule has 0 fully saturated rings. The minimum Gasteiger partial charge on any atom is -0.480 e. The molecule has 1 N–H and O–H groups in total. The van der Waals surface area contributed by atoms with E-state index in [4.69, 9.17) is 5.11 Å². The Morgan fingerprint density at radius 2 is 2.09 bits per heavy atom. The molecule has 0 spiro atoms. The fourth-order valence-electron chi connectivity index (χ4n) is 0.417. The summed E-state index contributed by atoms with van der Waals surface area (Å²) in [7, 11) is 1.26. The van der Waals surface area contributed by atoms with Gasteiger partial charge in [0.1, 0.15) is 6.61 Å². The van der Waals surface area contributed by atoms with Crippen LogP contribution in [0.3, 0.4) is 0 Å². The molecule has 0 saturated carbocycles. The second-order valence-corrected chi connectivity index (χ2v) is 1.77. The summed E-state index contributed by atoms with van der Waals surface area (Å²) in [5.41, 5.74) is 0. The van der Waals surface area contributed by atoms with Gasteiger partial charge in [0, 0.05) is 0 Å². The summed E-state index contributed by atoms with van der Waals surface area (Å²) in [6.45, 7) is -0.296. The highest BCUT2D eigenvalue weighted by Crippen LogP contribution is 1.85. The second kappa shape index (κ2) is 5.67. The van der Waals surface area contributed by atoms with Crippen LogP contribution in [0.25, 0.3) is 0 Å². The van der Waals surface area contributed by atoms with Crippen molar-refractivity contribution in [3.8, 4) is 0 Å². The zero-order valence-corrected chi connectivity index (χ0v) is 6.20. The first kappa shape index (κ1) is 9.90. The van der Waals surface area contributed by atoms with Crippen LogP contribution in [-0.2, 0) is 19.1 Å². The van der Waals surface area contributed by atoms with E-state index in [-0.39, 0.29) is 19.6 Å². The van der Waals surface area contributed by atoms with E-state index in [1.807, 2.05) is 0 Å². The third-order valence-corrected chi connectivity index (χ3v) is 0.904. The average molecular weight is 162 g/mol. The van der Waals surface area contributed by atoms with Gasteiger partial charge in [-0.25, -0.2) is 4.79 Å². The van der Waals surface area contributed by atoms with E-state index in [1.165, 1.54) is 7.11 Å². The van der Waals surface area contributed by atoms with Crippen LogP contribution in [0, 0.1) is 0 Å². The predicted octanol–water partition coefficient (Wildman–Crippen LogP) is -0.349. The number of esters is 1. The van der Waals surface area contributed by atoms with Crippen molar-refractivity contribution in [1.82, 2.24) is 0 Å². The summed E-state index contributed by atoms with van der Waals surface area (Å²) < 4.78 is 8.86. The summed E-state index contributed by atoms with van der Waals surface area (Å²) >= 11 is 0. The summed E-state index contributed by atoms with van der Waals surface area (Å²) in [6, 6.07) is 0. The number of hydrogen-bond donors (Lipinski definition) is 1. The number of methoxy groups -OCH3 is 1. The maximum Gasteiger partial charge on any atom is 0.329 e. The Labute approximate surface area is 63.9 Å². The molecule has 0 aromatic heterocycles. The molecule has 5 heteroatoms. The van der Waals surface area contributed by atoms with Crippen molar-refractivity contribution < 1.29 is 24.2 Å². The molecular weight excluding hydrogens is 152 g/mol. The number of carboxylic acid groups (broad SMARTS) is 1. The van der Waals surface area contributed by atoms with E-state index < -0.39 is 11.9 Å². The normalized spacial score (nSPS) is 9.18. The van der Waals surface area contributed by atoms with Crippen molar-refractivity contribution in [2.24, 2.45) is 0 Å². The molecule has 0 aromatic carbocycles. The van der Waals surface area contributed by atoms with Gasteiger partial charge in [-0.3, -0.25) is 4.79 Å². The summed E-state index contributed by atoms with van der Waals surface area (Å²) in [5.74, 6) is -1.45. The van der Waals surface area contributed by atoms with Crippen LogP contribution in [0.15, 0.2) is 0 Å². The molecule has 0 aliphatic carbocycles. The Balaban J connectivity index is 3.14. The van der Waals surface area contributed by atoms with Gasteiger partial charge < -0.3 is 14.6 Å². The van der Waals surface area contributed by atoms with Gasteiger partial charge in [0.05, 0.1) is 20.1 Å². The van der Waals surface area contributed by atoms with Gasteiger partial charge in [-0.15, -0.1) is 0 Å². The van der Waals surface area contributed by atoms with Gasteiger partial charge in [-0.2, -0.15) is 0 Å². The lowest BCUT2D eigenvalue weighted by atomic mass is 10.5. The fraction of sp³-hybridized carbons (Fsp3) is 0.667. The molecule has 0 aliphatic heterocycles. The zero-order chi connectivity index (χ0) is 8.69. The molecule has 0 rings (SSSR count). The number of aliphatic carboxylic acids is 1. The van der Waals surface area contributed by atoms with E-state index in [0.717, 1.165) is 0 Å². The van der Waals surface area contributed by atoms with Gasteiger partial charge in [0.2, 0.25) is 0 Å². The van der Waals surface area contributed by atoms with Crippen LogP contribution in [0.2, 0.25) is 0 Å². The van der Waals surface area contributed by atoms with Gasteiger partial charge in [-0.05, 0) is 0 Å². The van der Waals surface area contributed by atoms with Crippen molar-refractivity contribution in [2.75, 3.05) is 20.3 Å². The first-order valence-electron chi connectivity index (χ1n) is 3.03. The number of carbonyl (C=O) groups excluding carboxylic acids is 1. The Bertz CT molecular complexity index is 142. The van der Waals surface area contributed by atoms with E-state index in [2.05, 4.69) is 9.47 Å². The molecule has 0 aliphatic rings. The molecule has 0 aromatic rings. The van der Waals surface area contributed by atoms with Crippen LogP contribution >= 0.6 is 0 Å². The lowest BCUT2D eigenvalue weighted by Gasteiger charge is -1.98. The Morgan fingerprint density at radius 1 is 1.45 bits per heavy atom. The van der Waals surface area contributed by atoms with Crippen LogP contribution in [0.5, 0.6) is 0 Å². The van der Waals surface area contributed by atoms with E-state index in [0.29, 0.717) is 0 Å². The number of carboxylic acids is 1. The fourth-order valence-corrected chi connectivity index (χ4v) is 0.417. The minimum absolute atomic E-state index is 0.0823. The average Bonchev–Trinajstić information content (AvgIpc) is 1.97. The maximum atomic E-state index is 10.4. The SMILES string of the molecule is COC(=O)CCOCC(=O)O. The first-order valence-corrected chi connectivity index (χ1v) is 3.03. The standard InChI is InChI=1S/C6H10O5/c1-10-6(9)2-3-11-4-5(7)8/h2-4H2,1H3,(H,7,8). The molecule has 11 heavy (non-hydrogen) atoms. The van der Waals surface area contributed by atoms with Gasteiger partial charge in [0.15, 0.2) is 0 Å². The highest BCUT2D eigenvalue weighted by atomic mass is 16.5. The highest BCUT2D eigenvalue weighted by Gasteiger charge is 2.00. The van der Waals surface area contributed by atoms with Crippen molar-refractivity contribution in [3.63, 3.8) is 0 Å². The molecule has 0 atom stereocenters. The third kappa shape index (κ3) is 6.79. The Hall–Kier alpha value is -1.10. The van der Waals surface area contributed by atoms with Crippen molar-refractivity contribution in [3.05, 3.63) is 0 Å². The quantitative estimate of drug-likeness (QED) is 0.442. The van der Waals surface area contributed by atoms with E-state index >= 15 is 0 Å². The maximum absolute atomic E-state index is 10.4. The third-order valence-electron chi connectivity index (χ3n) is 0.904. The molecule has 64 valence electrons. The minimum atomic E-state index is -1.05. The number of ether oxygens (including phenoxy) is 2. The molecular formula is C6H10O5. The molecule has 0 bridgehead atoms. The smallest absolute Gasteiger partial charge is 0.329 e. The lowest BCUT2D eigenvalue weighted by Crippen LogP contribution is -2.11.